The number of rotatable bonds is 3. The van der Waals surface area contributed by atoms with Crippen LogP contribution in [0.1, 0.15) is 23.1 Å². The van der Waals surface area contributed by atoms with Crippen LogP contribution in [0.15, 0.2) is 36.4 Å². The number of aromatic nitrogens is 2. The first-order valence-corrected chi connectivity index (χ1v) is 7.96. The lowest BCUT2D eigenvalue weighted by molar-refractivity contribution is 0.102. The molecule has 0 saturated carbocycles. The van der Waals surface area contributed by atoms with E-state index in [1.54, 1.807) is 30.3 Å². The van der Waals surface area contributed by atoms with Crippen molar-refractivity contribution in [1.29, 1.82) is 0 Å². The number of anilines is 1. The molecule has 0 aliphatic rings. The highest BCUT2D eigenvalue weighted by molar-refractivity contribution is 6.35. The van der Waals surface area contributed by atoms with Crippen molar-refractivity contribution in [3.63, 3.8) is 0 Å². The molecule has 0 saturated heterocycles. The van der Waals surface area contributed by atoms with Crippen LogP contribution in [-0.2, 0) is 13.5 Å². The van der Waals surface area contributed by atoms with Crippen molar-refractivity contribution in [2.45, 2.75) is 13.3 Å². The monoisotopic (exact) mass is 347 g/mol. The van der Waals surface area contributed by atoms with Crippen LogP contribution in [0, 0.1) is 0 Å². The molecule has 0 radical (unpaired) electrons. The van der Waals surface area contributed by atoms with Crippen LogP contribution in [0.4, 0.5) is 5.69 Å². The summed E-state index contributed by atoms with van der Waals surface area (Å²) in [5.74, 6) is 0.758. The van der Waals surface area contributed by atoms with Gasteiger partial charge in [0.2, 0.25) is 0 Å². The minimum atomic E-state index is -0.228. The summed E-state index contributed by atoms with van der Waals surface area (Å²) in [6.45, 7) is 2.05. The van der Waals surface area contributed by atoms with Gasteiger partial charge in [-0.25, -0.2) is 4.98 Å². The van der Waals surface area contributed by atoms with E-state index in [0.29, 0.717) is 21.3 Å². The number of nitrogens with zero attached hydrogens (tertiary/aromatic N) is 2. The van der Waals surface area contributed by atoms with Gasteiger partial charge in [0.25, 0.3) is 5.91 Å². The Morgan fingerprint density at radius 2 is 1.87 bits per heavy atom. The molecular weight excluding hydrogens is 333 g/mol. The number of aryl methyl sites for hydroxylation is 2. The van der Waals surface area contributed by atoms with E-state index < -0.39 is 0 Å². The zero-order valence-electron chi connectivity index (χ0n) is 12.7. The van der Waals surface area contributed by atoms with Crippen molar-refractivity contribution < 1.29 is 4.79 Å². The molecule has 0 unspecified atom stereocenters. The second kappa shape index (κ2) is 6.22. The standard InChI is InChI=1S/C17H15Cl2N3O/c1-3-16-21-14-6-10(4-5-15(14)22(16)2)17(23)20-13-8-11(18)7-12(19)9-13/h4-9H,3H2,1-2H3,(H,20,23). The van der Waals surface area contributed by atoms with Gasteiger partial charge in [-0.3, -0.25) is 4.79 Å². The summed E-state index contributed by atoms with van der Waals surface area (Å²) in [7, 11) is 1.97. The van der Waals surface area contributed by atoms with Crippen LogP contribution in [0.3, 0.4) is 0 Å². The lowest BCUT2D eigenvalue weighted by Gasteiger charge is -2.06. The van der Waals surface area contributed by atoms with Gasteiger partial charge in [0.1, 0.15) is 5.82 Å². The van der Waals surface area contributed by atoms with E-state index in [1.165, 1.54) is 0 Å². The lowest BCUT2D eigenvalue weighted by atomic mass is 10.2. The molecule has 2 aromatic carbocycles. The molecule has 0 aliphatic heterocycles. The third-order valence-corrected chi connectivity index (χ3v) is 4.11. The SMILES string of the molecule is CCc1nc2cc(C(=O)Nc3cc(Cl)cc(Cl)c3)ccc2n1C. The maximum atomic E-state index is 12.4. The van der Waals surface area contributed by atoms with Crippen molar-refractivity contribution in [3.05, 3.63) is 57.8 Å². The average molecular weight is 348 g/mol. The van der Waals surface area contributed by atoms with Crippen LogP contribution in [0.5, 0.6) is 0 Å². The largest absolute Gasteiger partial charge is 0.331 e. The quantitative estimate of drug-likeness (QED) is 0.746. The molecular formula is C17H15Cl2N3O. The van der Waals surface area contributed by atoms with E-state index in [-0.39, 0.29) is 5.91 Å². The van der Waals surface area contributed by atoms with Gasteiger partial charge in [-0.1, -0.05) is 30.1 Å². The summed E-state index contributed by atoms with van der Waals surface area (Å²) < 4.78 is 2.04. The van der Waals surface area contributed by atoms with E-state index >= 15 is 0 Å². The first-order valence-electron chi connectivity index (χ1n) is 7.20. The van der Waals surface area contributed by atoms with Crippen LogP contribution in [-0.4, -0.2) is 15.5 Å². The summed E-state index contributed by atoms with van der Waals surface area (Å²) >= 11 is 11.9. The van der Waals surface area contributed by atoms with Gasteiger partial charge in [0.15, 0.2) is 0 Å². The molecule has 23 heavy (non-hydrogen) atoms. The number of benzene rings is 2. The first-order chi connectivity index (χ1) is 11.0. The molecule has 1 aromatic heterocycles. The molecule has 4 nitrogen and oxygen atoms in total. The fourth-order valence-electron chi connectivity index (χ4n) is 2.54. The van der Waals surface area contributed by atoms with Gasteiger partial charge >= 0.3 is 0 Å². The Labute approximate surface area is 144 Å². The third-order valence-electron chi connectivity index (χ3n) is 3.67. The number of nitrogens with one attached hydrogen (secondary N) is 1. The summed E-state index contributed by atoms with van der Waals surface area (Å²) in [5, 5.41) is 3.74. The third kappa shape index (κ3) is 3.19. The smallest absolute Gasteiger partial charge is 0.255 e. The van der Waals surface area contributed by atoms with Crippen LogP contribution in [0.25, 0.3) is 11.0 Å². The molecule has 118 valence electrons. The first kappa shape index (κ1) is 15.8. The topological polar surface area (TPSA) is 46.9 Å². The highest BCUT2D eigenvalue weighted by Gasteiger charge is 2.11. The number of carbonyl (C=O) groups excluding carboxylic acids is 1. The van der Waals surface area contributed by atoms with Gasteiger partial charge in [-0.15, -0.1) is 0 Å². The molecule has 0 aliphatic carbocycles. The molecule has 0 atom stereocenters. The number of carbonyl (C=O) groups is 1. The molecule has 3 aromatic rings. The second-order valence-electron chi connectivity index (χ2n) is 5.26. The molecule has 1 N–H and O–H groups in total. The van der Waals surface area contributed by atoms with Crippen molar-refractivity contribution >= 4 is 45.8 Å². The van der Waals surface area contributed by atoms with Crippen molar-refractivity contribution in [3.8, 4) is 0 Å². The van der Waals surface area contributed by atoms with Crippen molar-refractivity contribution in [2.24, 2.45) is 7.05 Å². The minimum Gasteiger partial charge on any atom is -0.331 e. The van der Waals surface area contributed by atoms with Crippen molar-refractivity contribution in [1.82, 2.24) is 9.55 Å². The fourth-order valence-corrected chi connectivity index (χ4v) is 3.06. The number of imidazole rings is 1. The van der Waals surface area contributed by atoms with Crippen molar-refractivity contribution in [2.75, 3.05) is 5.32 Å². The normalized spacial score (nSPS) is 11.0. The Hall–Kier alpha value is -2.04. The van der Waals surface area contributed by atoms with Gasteiger partial charge in [-0.05, 0) is 36.4 Å². The van der Waals surface area contributed by atoms with Gasteiger partial charge < -0.3 is 9.88 Å². The molecule has 0 spiro atoms. The minimum absolute atomic E-state index is 0.228. The maximum Gasteiger partial charge on any atom is 0.255 e. The summed E-state index contributed by atoms with van der Waals surface area (Å²) in [4.78, 5) is 17.0. The molecule has 0 fully saturated rings. The average Bonchev–Trinajstić information content (AvgIpc) is 2.82. The summed E-state index contributed by atoms with van der Waals surface area (Å²) in [6, 6.07) is 10.4. The molecule has 6 heteroatoms. The lowest BCUT2D eigenvalue weighted by Crippen LogP contribution is -2.11. The van der Waals surface area contributed by atoms with Gasteiger partial charge in [0.05, 0.1) is 11.0 Å². The Bertz CT molecular complexity index is 882. The van der Waals surface area contributed by atoms with Gasteiger partial charge in [-0.2, -0.15) is 0 Å². The molecule has 1 heterocycles. The number of halogens is 2. The number of hydrogen-bond acceptors (Lipinski definition) is 2. The Morgan fingerprint density at radius 1 is 1.17 bits per heavy atom. The van der Waals surface area contributed by atoms with Crippen LogP contribution < -0.4 is 5.32 Å². The van der Waals surface area contributed by atoms with Gasteiger partial charge in [0, 0.05) is 34.8 Å². The predicted octanol–water partition coefficient (Wildman–Crippen LogP) is 4.69. The molecule has 3 rings (SSSR count). The second-order valence-corrected chi connectivity index (χ2v) is 6.13. The fraction of sp³-hybridized carbons (Fsp3) is 0.176. The summed E-state index contributed by atoms with van der Waals surface area (Å²) in [6.07, 6.45) is 0.841. The van der Waals surface area contributed by atoms with E-state index in [0.717, 1.165) is 23.3 Å². The Kier molecular flexibility index (Phi) is 4.28. The molecule has 1 amide bonds. The van der Waals surface area contributed by atoms with E-state index in [4.69, 9.17) is 23.2 Å². The highest BCUT2D eigenvalue weighted by Crippen LogP contribution is 2.23. The number of amides is 1. The number of hydrogen-bond donors (Lipinski definition) is 1. The zero-order chi connectivity index (χ0) is 16.6. The Balaban J connectivity index is 1.91. The van der Waals surface area contributed by atoms with Crippen LogP contribution in [0.2, 0.25) is 10.0 Å². The molecule has 0 bridgehead atoms. The van der Waals surface area contributed by atoms with Crippen LogP contribution >= 0.6 is 23.2 Å². The predicted molar refractivity (Wildman–Crippen MR) is 94.5 cm³/mol. The number of fused-ring (bicyclic) bond motifs is 1. The van der Waals surface area contributed by atoms with E-state index in [1.807, 2.05) is 17.7 Å². The highest BCUT2D eigenvalue weighted by atomic mass is 35.5. The van der Waals surface area contributed by atoms with E-state index in [9.17, 15) is 4.79 Å². The summed E-state index contributed by atoms with van der Waals surface area (Å²) in [5.41, 5.74) is 2.91. The zero-order valence-corrected chi connectivity index (χ0v) is 14.2. The maximum absolute atomic E-state index is 12.4. The Morgan fingerprint density at radius 3 is 2.52 bits per heavy atom. The van der Waals surface area contributed by atoms with E-state index in [2.05, 4.69) is 17.2 Å².